The zero-order valence-corrected chi connectivity index (χ0v) is 14.7. The van der Waals surface area contributed by atoms with Crippen LogP contribution < -0.4 is 4.74 Å². The molecule has 19 heavy (non-hydrogen) atoms. The fourth-order valence-corrected chi connectivity index (χ4v) is 1.91. The first kappa shape index (κ1) is 19.0. The molecule has 0 bridgehead atoms. The topological polar surface area (TPSA) is 26.3 Å². The van der Waals surface area contributed by atoms with Crippen molar-refractivity contribution >= 4 is 47.1 Å². The number of carbonyl (C=O) groups excluding carboxylic acids is 1. The molecule has 0 amide bonds. The first-order chi connectivity index (χ1) is 8.74. The molecule has 0 aliphatic rings. The second-order valence-electron chi connectivity index (χ2n) is 4.40. The molecule has 0 saturated heterocycles. The van der Waals surface area contributed by atoms with Crippen LogP contribution in [0.1, 0.15) is 45.4 Å². The van der Waals surface area contributed by atoms with Gasteiger partial charge in [-0.3, -0.25) is 4.79 Å². The Hall–Kier alpha value is -0.0200. The molecule has 101 valence electrons. The fourth-order valence-electron chi connectivity index (χ4n) is 1.71. The molecule has 1 atom stereocenters. The van der Waals surface area contributed by atoms with E-state index in [0.29, 0.717) is 12.2 Å². The minimum Gasteiger partial charge on any atom is -0.425 e. The van der Waals surface area contributed by atoms with Crippen LogP contribution in [0, 0.1) is 0 Å². The van der Waals surface area contributed by atoms with Gasteiger partial charge in [0.2, 0.25) is 0 Å². The van der Waals surface area contributed by atoms with Crippen LogP contribution in [0.5, 0.6) is 5.75 Å². The van der Waals surface area contributed by atoms with Crippen LogP contribution in [0.3, 0.4) is 0 Å². The Kier molecular flexibility index (Phi) is 11.8. The van der Waals surface area contributed by atoms with Crippen molar-refractivity contribution in [2.75, 3.05) is 0 Å². The molecule has 0 aromatic heterocycles. The van der Waals surface area contributed by atoms with E-state index >= 15 is 0 Å². The molecule has 0 heterocycles. The quantitative estimate of drug-likeness (QED) is 0.236. The van der Waals surface area contributed by atoms with E-state index in [4.69, 9.17) is 16.3 Å². The van der Waals surface area contributed by atoms with Gasteiger partial charge in [0.15, 0.2) is 0 Å². The summed E-state index contributed by atoms with van der Waals surface area (Å²) in [4.78, 5) is 11.7. The van der Waals surface area contributed by atoms with E-state index < -0.39 is 5.38 Å². The molecule has 0 spiro atoms. The van der Waals surface area contributed by atoms with Crippen LogP contribution in [-0.2, 0) is 4.79 Å². The molecule has 1 aromatic carbocycles. The number of carbonyl (C=O) groups is 1. The largest absolute Gasteiger partial charge is 0.425 e. The number of hydrogen-bond donors (Lipinski definition) is 0. The van der Waals surface area contributed by atoms with Crippen LogP contribution >= 0.6 is 11.6 Å². The molecular formula is C15H21ClNaO2. The summed E-state index contributed by atoms with van der Waals surface area (Å²) in [5.41, 5.74) is 0. The fraction of sp³-hybridized carbons (Fsp3) is 0.533. The van der Waals surface area contributed by atoms with Crippen molar-refractivity contribution in [1.82, 2.24) is 0 Å². The zero-order valence-electron chi connectivity index (χ0n) is 11.9. The zero-order chi connectivity index (χ0) is 13.2. The summed E-state index contributed by atoms with van der Waals surface area (Å²) in [5.74, 6) is 0.206. The Morgan fingerprint density at radius 1 is 1.16 bits per heavy atom. The van der Waals surface area contributed by atoms with Gasteiger partial charge in [-0.25, -0.2) is 0 Å². The Bertz CT molecular complexity index is 343. The molecule has 4 heteroatoms. The van der Waals surface area contributed by atoms with Crippen molar-refractivity contribution in [3.63, 3.8) is 0 Å². The van der Waals surface area contributed by atoms with Crippen LogP contribution in [-0.4, -0.2) is 40.9 Å². The molecule has 0 N–H and O–H groups in total. The molecule has 2 nitrogen and oxygen atoms in total. The van der Waals surface area contributed by atoms with Crippen molar-refractivity contribution in [2.45, 2.75) is 50.8 Å². The number of alkyl halides is 1. The van der Waals surface area contributed by atoms with Crippen molar-refractivity contribution in [3.8, 4) is 5.75 Å². The normalized spacial score (nSPS) is 11.5. The third-order valence-electron chi connectivity index (χ3n) is 2.78. The Morgan fingerprint density at radius 3 is 2.42 bits per heavy atom. The minimum absolute atomic E-state index is 0. The third kappa shape index (κ3) is 8.69. The summed E-state index contributed by atoms with van der Waals surface area (Å²) in [5, 5.41) is -0.535. The van der Waals surface area contributed by atoms with Crippen LogP contribution in [0.15, 0.2) is 30.3 Å². The predicted molar refractivity (Wildman–Crippen MR) is 80.8 cm³/mol. The van der Waals surface area contributed by atoms with E-state index in [1.807, 2.05) is 18.2 Å². The third-order valence-corrected chi connectivity index (χ3v) is 3.17. The monoisotopic (exact) mass is 291 g/mol. The first-order valence-corrected chi connectivity index (χ1v) is 7.08. The van der Waals surface area contributed by atoms with Gasteiger partial charge in [0, 0.05) is 29.6 Å². The summed E-state index contributed by atoms with van der Waals surface area (Å²) < 4.78 is 5.18. The summed E-state index contributed by atoms with van der Waals surface area (Å²) in [7, 11) is 0. The average Bonchev–Trinajstić information content (AvgIpc) is 2.39. The van der Waals surface area contributed by atoms with Gasteiger partial charge < -0.3 is 4.74 Å². The minimum atomic E-state index is -0.535. The maximum atomic E-state index is 11.7. The van der Waals surface area contributed by atoms with Gasteiger partial charge in [-0.1, -0.05) is 57.2 Å². The molecule has 0 saturated carbocycles. The summed E-state index contributed by atoms with van der Waals surface area (Å²) in [6.07, 6.45) is 6.50. The van der Waals surface area contributed by atoms with Crippen LogP contribution in [0.4, 0.5) is 0 Å². The maximum absolute atomic E-state index is 11.7. The van der Waals surface area contributed by atoms with E-state index in [2.05, 4.69) is 6.92 Å². The average molecular weight is 292 g/mol. The van der Waals surface area contributed by atoms with Gasteiger partial charge in [-0.05, 0) is 18.6 Å². The molecule has 0 aliphatic heterocycles. The van der Waals surface area contributed by atoms with Gasteiger partial charge in [0.1, 0.15) is 11.1 Å². The number of halogens is 1. The van der Waals surface area contributed by atoms with Gasteiger partial charge in [0.25, 0.3) is 0 Å². The first-order valence-electron chi connectivity index (χ1n) is 6.65. The molecule has 0 fully saturated rings. The number of esters is 1. The van der Waals surface area contributed by atoms with E-state index in [-0.39, 0.29) is 35.5 Å². The van der Waals surface area contributed by atoms with E-state index in [9.17, 15) is 4.79 Å². The number of para-hydroxylation sites is 1. The van der Waals surface area contributed by atoms with Crippen molar-refractivity contribution in [2.24, 2.45) is 0 Å². The van der Waals surface area contributed by atoms with E-state index in [0.717, 1.165) is 12.8 Å². The maximum Gasteiger partial charge on any atom is 0.329 e. The summed E-state index contributed by atoms with van der Waals surface area (Å²) in [6.45, 7) is 2.18. The number of rotatable bonds is 8. The smallest absolute Gasteiger partial charge is 0.329 e. The number of ether oxygens (including phenoxy) is 1. The summed E-state index contributed by atoms with van der Waals surface area (Å²) >= 11 is 6.02. The molecule has 1 rings (SSSR count). The second-order valence-corrected chi connectivity index (χ2v) is 4.93. The Balaban J connectivity index is 0.00000324. The van der Waals surface area contributed by atoms with Crippen LogP contribution in [0.2, 0.25) is 0 Å². The number of unbranched alkanes of at least 4 members (excludes halogenated alkanes) is 4. The standard InChI is InChI=1S/C15H21ClO2.Na/c1-2-3-4-5-9-12-14(16)15(17)18-13-10-7-6-8-11-13;/h6-8,10-11,14H,2-5,9,12H2,1H3;. The van der Waals surface area contributed by atoms with Gasteiger partial charge >= 0.3 is 5.97 Å². The second kappa shape index (κ2) is 11.8. The van der Waals surface area contributed by atoms with Crippen molar-refractivity contribution in [3.05, 3.63) is 30.3 Å². The van der Waals surface area contributed by atoms with E-state index in [1.165, 1.54) is 19.3 Å². The molecule has 1 aromatic rings. The van der Waals surface area contributed by atoms with Gasteiger partial charge in [-0.15, -0.1) is 11.6 Å². The SMILES string of the molecule is CCCCCCCC(Cl)C(=O)Oc1ccccc1.[Na]. The predicted octanol–water partition coefficient (Wildman–Crippen LogP) is 4.18. The summed E-state index contributed by atoms with van der Waals surface area (Å²) in [6, 6.07) is 9.04. The number of benzene rings is 1. The Morgan fingerprint density at radius 2 is 1.79 bits per heavy atom. The van der Waals surface area contributed by atoms with Gasteiger partial charge in [0.05, 0.1) is 0 Å². The van der Waals surface area contributed by atoms with Gasteiger partial charge in [-0.2, -0.15) is 0 Å². The Labute approximate surface area is 143 Å². The molecular weight excluding hydrogens is 271 g/mol. The molecule has 1 radical (unpaired) electrons. The van der Waals surface area contributed by atoms with Crippen LogP contribution in [0.25, 0.3) is 0 Å². The molecule has 0 aliphatic carbocycles. The van der Waals surface area contributed by atoms with E-state index in [1.54, 1.807) is 12.1 Å². The van der Waals surface area contributed by atoms with Crippen molar-refractivity contribution < 1.29 is 9.53 Å². The van der Waals surface area contributed by atoms with Crippen molar-refractivity contribution in [1.29, 1.82) is 0 Å². The number of hydrogen-bond acceptors (Lipinski definition) is 2. The molecule has 1 unspecified atom stereocenters.